The maximum absolute atomic E-state index is 7.32. The van der Waals surface area contributed by atoms with Crippen LogP contribution in [-0.2, 0) is 21.7 Å². The van der Waals surface area contributed by atoms with Crippen molar-refractivity contribution in [1.82, 2.24) is 0 Å². The molecule has 0 bridgehead atoms. The summed E-state index contributed by atoms with van der Waals surface area (Å²) in [5.41, 5.74) is 19.4. The Hall–Kier alpha value is -11.0. The van der Waals surface area contributed by atoms with Crippen LogP contribution in [0.3, 0.4) is 0 Å². The van der Waals surface area contributed by atoms with Gasteiger partial charge in [0.05, 0.1) is 22.7 Å². The Morgan fingerprint density at radius 3 is 0.590 bits per heavy atom. The molecule has 498 valence electrons. The fourth-order valence-corrected chi connectivity index (χ4v) is 15.1. The molecule has 8 nitrogen and oxygen atoms in total. The maximum Gasteiger partial charge on any atom is 0.208 e. The molecule has 0 amide bonds. The summed E-state index contributed by atoms with van der Waals surface area (Å²) in [6.07, 6.45) is 0. The van der Waals surface area contributed by atoms with Crippen LogP contribution < -0.4 is 19.6 Å². The summed E-state index contributed by atoms with van der Waals surface area (Å²) in [7, 11) is 0. The first-order chi connectivity index (χ1) is 47.8. The summed E-state index contributed by atoms with van der Waals surface area (Å²) in [6, 6.07) is 84.2. The van der Waals surface area contributed by atoms with Gasteiger partial charge in [-0.3, -0.25) is 19.6 Å². The summed E-state index contributed by atoms with van der Waals surface area (Å²) in [4.78, 5) is 9.47. The molecule has 0 aliphatic carbocycles. The van der Waals surface area contributed by atoms with Crippen molar-refractivity contribution < 1.29 is 17.7 Å². The Morgan fingerprint density at radius 2 is 0.410 bits per heavy atom. The highest BCUT2D eigenvalue weighted by Crippen LogP contribution is 2.58. The molecular formula is C92H86N4O4. The van der Waals surface area contributed by atoms with Crippen molar-refractivity contribution in [2.45, 2.75) is 132 Å². The zero-order valence-electron chi connectivity index (χ0n) is 60.4. The van der Waals surface area contributed by atoms with Gasteiger partial charge < -0.3 is 17.7 Å². The van der Waals surface area contributed by atoms with E-state index >= 15 is 0 Å². The Morgan fingerprint density at radius 1 is 0.220 bits per heavy atom. The lowest BCUT2D eigenvalue weighted by molar-refractivity contribution is 0.590. The van der Waals surface area contributed by atoms with Crippen LogP contribution in [0, 0.1) is 27.7 Å². The average molecular weight is 1310 g/mol. The molecule has 100 heavy (non-hydrogen) atoms. The van der Waals surface area contributed by atoms with Crippen LogP contribution >= 0.6 is 0 Å². The lowest BCUT2D eigenvalue weighted by atomic mass is 9.86. The van der Waals surface area contributed by atoms with Gasteiger partial charge in [-0.15, -0.1) is 0 Å². The van der Waals surface area contributed by atoms with Crippen LogP contribution in [0.2, 0.25) is 0 Å². The van der Waals surface area contributed by atoms with Gasteiger partial charge >= 0.3 is 0 Å². The maximum atomic E-state index is 7.32. The van der Waals surface area contributed by atoms with Gasteiger partial charge in [-0.25, -0.2) is 0 Å². The quantitative estimate of drug-likeness (QED) is 0.112. The van der Waals surface area contributed by atoms with E-state index in [1.807, 2.05) is 0 Å². The summed E-state index contributed by atoms with van der Waals surface area (Å²) in [5.74, 6) is 2.90. The number of hydrogen-bond acceptors (Lipinski definition) is 8. The smallest absolute Gasteiger partial charge is 0.208 e. The van der Waals surface area contributed by atoms with E-state index < -0.39 is 0 Å². The molecule has 4 heterocycles. The van der Waals surface area contributed by atoms with Crippen LogP contribution in [0.25, 0.3) is 76.2 Å². The molecule has 0 N–H and O–H groups in total. The normalized spacial score (nSPS) is 12.6. The summed E-state index contributed by atoms with van der Waals surface area (Å²) < 4.78 is 29.3. The third kappa shape index (κ3) is 10.6. The van der Waals surface area contributed by atoms with Crippen molar-refractivity contribution in [3.8, 4) is 0 Å². The lowest BCUT2D eigenvalue weighted by Gasteiger charge is -2.33. The highest BCUT2D eigenvalue weighted by atomic mass is 16.4. The van der Waals surface area contributed by atoms with Crippen LogP contribution in [0.4, 0.5) is 69.0 Å². The topological polar surface area (TPSA) is 65.5 Å². The fourth-order valence-electron chi connectivity index (χ4n) is 15.1. The number of hydrogen-bond donors (Lipinski definition) is 0. The minimum Gasteiger partial charge on any atom is -0.440 e. The number of rotatable bonds is 12. The van der Waals surface area contributed by atoms with Crippen LogP contribution in [0.1, 0.15) is 128 Å². The predicted octanol–water partition coefficient (Wildman–Crippen LogP) is 27.9. The highest BCUT2D eigenvalue weighted by Gasteiger charge is 2.35. The third-order valence-corrected chi connectivity index (χ3v) is 20.8. The SMILES string of the molecule is Cc1c(N(c2ccc(C(C)(C)C)cc2)c2cc(N(c3ccc(C(C)(C)C)cc3)c3oc4ccccc4c3C)c3ccc4c(N(c5ccc(C(C)(C)C)cc5)c5oc6ccccc6c5C)cc(N(c5ccc(C(C)(C)C)cc5)c5oc6ccccc6c5C)c5ccc2c3c54)oc2ccccc12. The van der Waals surface area contributed by atoms with Gasteiger partial charge in [-0.05, 0) is 157 Å². The Bertz CT molecular complexity index is 5100. The number of benzene rings is 12. The van der Waals surface area contributed by atoms with Crippen molar-refractivity contribution in [3.05, 3.63) is 275 Å². The largest absolute Gasteiger partial charge is 0.440 e. The Labute approximate surface area is 586 Å². The molecule has 0 spiro atoms. The summed E-state index contributed by atoms with van der Waals surface area (Å²) >= 11 is 0. The molecule has 16 rings (SSSR count). The number of aryl methyl sites for hydroxylation is 4. The first kappa shape index (κ1) is 63.8. The summed E-state index contributed by atoms with van der Waals surface area (Å²) in [6.45, 7) is 36.1. The molecular weight excluding hydrogens is 1230 g/mol. The monoisotopic (exact) mass is 1310 g/mol. The van der Waals surface area contributed by atoms with E-state index in [1.54, 1.807) is 0 Å². The zero-order chi connectivity index (χ0) is 69.6. The van der Waals surface area contributed by atoms with E-state index in [9.17, 15) is 0 Å². The first-order valence-electron chi connectivity index (χ1n) is 35.1. The second-order valence-electron chi connectivity index (χ2n) is 31.5. The van der Waals surface area contributed by atoms with Crippen molar-refractivity contribution in [3.63, 3.8) is 0 Å². The molecule has 0 atom stereocenters. The van der Waals surface area contributed by atoms with E-state index in [4.69, 9.17) is 17.7 Å². The number of anilines is 12. The minimum absolute atomic E-state index is 0.103. The molecule has 16 aromatic rings. The molecule has 4 aromatic heterocycles. The van der Waals surface area contributed by atoms with E-state index in [0.29, 0.717) is 0 Å². The van der Waals surface area contributed by atoms with Gasteiger partial charge in [0.1, 0.15) is 22.3 Å². The number of fused-ring (bicyclic) bond motifs is 4. The molecule has 0 saturated heterocycles. The van der Waals surface area contributed by atoms with Gasteiger partial charge in [0.15, 0.2) is 0 Å². The van der Waals surface area contributed by atoms with Crippen molar-refractivity contribution in [2.24, 2.45) is 0 Å². The van der Waals surface area contributed by atoms with E-state index in [-0.39, 0.29) is 21.7 Å². The Balaban J connectivity index is 1.12. The molecule has 0 saturated carbocycles. The lowest BCUT2D eigenvalue weighted by Crippen LogP contribution is -2.17. The van der Waals surface area contributed by atoms with Crippen molar-refractivity contribution in [1.29, 1.82) is 0 Å². The molecule has 0 unspecified atom stereocenters. The van der Waals surface area contributed by atoms with Crippen LogP contribution in [0.15, 0.2) is 248 Å². The highest BCUT2D eigenvalue weighted by molar-refractivity contribution is 6.33. The number of furan rings is 4. The minimum atomic E-state index is -0.103. The first-order valence-corrected chi connectivity index (χ1v) is 35.1. The van der Waals surface area contributed by atoms with E-state index in [1.165, 1.54) is 22.3 Å². The second kappa shape index (κ2) is 23.3. The van der Waals surface area contributed by atoms with Gasteiger partial charge in [0.2, 0.25) is 23.5 Å². The average Bonchev–Trinajstić information content (AvgIpc) is 0.900. The predicted molar refractivity (Wildman–Crippen MR) is 422 cm³/mol. The number of nitrogens with zero attached hydrogens (tertiary/aromatic N) is 4. The standard InChI is InChI=1S/C92H86N4O4/c1-55-67-25-17-21-29-79(67)97-85(55)93(63-41-33-59(34-42-63)89(5,6)7)75-53-76(94(64-43-35-60(36-44-64)90(8,9)10)86-56(2)68-26-18-22-30-80(68)98-86)72-51-52-74-78(96(66-47-39-62(40-48-66)92(14,15)16)88-58(4)70-28-20-24-32-82(70)100-88)54-77(73-50-49-71(75)83(72)84(73)74)95(65-45-37-61(38-46-65)91(11,12)13)87-57(3)69-27-19-23-31-81(69)99-87/h17-54H,1-16H3. The van der Waals surface area contributed by atoms with Crippen molar-refractivity contribution in [2.75, 3.05) is 19.6 Å². The molecule has 0 fully saturated rings. The van der Waals surface area contributed by atoms with E-state index in [2.05, 4.69) is 361 Å². The molecule has 0 aliphatic rings. The van der Waals surface area contributed by atoms with Crippen LogP contribution in [-0.4, -0.2) is 0 Å². The third-order valence-electron chi connectivity index (χ3n) is 20.8. The second-order valence-corrected chi connectivity index (χ2v) is 31.5. The fraction of sp³-hybridized carbons (Fsp3) is 0.217. The Kier molecular flexibility index (Phi) is 14.9. The number of para-hydroxylation sites is 4. The molecule has 0 radical (unpaired) electrons. The molecule has 8 heteroatoms. The zero-order valence-corrected chi connectivity index (χ0v) is 60.4. The van der Waals surface area contributed by atoms with Crippen LogP contribution in [0.5, 0.6) is 0 Å². The van der Waals surface area contributed by atoms with Gasteiger partial charge in [0, 0.05) is 98.9 Å². The summed E-state index contributed by atoms with van der Waals surface area (Å²) in [5, 5.41) is 10.4. The van der Waals surface area contributed by atoms with Gasteiger partial charge in [-0.2, -0.15) is 0 Å². The van der Waals surface area contributed by atoms with Gasteiger partial charge in [0.25, 0.3) is 0 Å². The van der Waals surface area contributed by atoms with Crippen molar-refractivity contribution >= 4 is 145 Å². The van der Waals surface area contributed by atoms with E-state index in [0.717, 1.165) is 167 Å². The molecule has 12 aromatic carbocycles. The molecule has 0 aliphatic heterocycles. The van der Waals surface area contributed by atoms with Gasteiger partial charge in [-0.1, -0.05) is 229 Å².